The van der Waals surface area contributed by atoms with Gasteiger partial charge in [-0.2, -0.15) is 5.10 Å². The second-order valence-corrected chi connectivity index (χ2v) is 8.69. The van der Waals surface area contributed by atoms with Gasteiger partial charge in [0.15, 0.2) is 11.5 Å². The van der Waals surface area contributed by atoms with Crippen LogP contribution in [0.25, 0.3) is 17.1 Å². The molecule has 3 heterocycles. The molecule has 0 N–H and O–H groups in total. The number of pyridine rings is 1. The van der Waals surface area contributed by atoms with E-state index >= 15 is 0 Å². The van der Waals surface area contributed by atoms with E-state index in [0.29, 0.717) is 37.7 Å². The summed E-state index contributed by atoms with van der Waals surface area (Å²) in [7, 11) is 0. The summed E-state index contributed by atoms with van der Waals surface area (Å²) < 4.78 is 34.0. The molecule has 0 aliphatic carbocycles. The second-order valence-electron chi connectivity index (χ2n) is 8.69. The average Bonchev–Trinajstić information content (AvgIpc) is 3.39. The zero-order chi connectivity index (χ0) is 26.6. The number of amides is 1. The average molecular weight is 518 g/mol. The molecule has 194 valence electrons. The van der Waals surface area contributed by atoms with Gasteiger partial charge < -0.3 is 14.5 Å². The summed E-state index contributed by atoms with van der Waals surface area (Å²) in [6, 6.07) is 17.9. The summed E-state index contributed by atoms with van der Waals surface area (Å²) in [5, 5.41) is 4.43. The molecular weight excluding hydrogens is 492 g/mol. The normalized spacial score (nSPS) is 13.4. The van der Waals surface area contributed by atoms with Gasteiger partial charge >= 0.3 is 5.97 Å². The van der Waals surface area contributed by atoms with E-state index in [9.17, 15) is 18.4 Å². The van der Waals surface area contributed by atoms with Crippen molar-refractivity contribution in [1.82, 2.24) is 19.7 Å². The summed E-state index contributed by atoms with van der Waals surface area (Å²) in [4.78, 5) is 33.1. The van der Waals surface area contributed by atoms with Crippen molar-refractivity contribution in [3.8, 4) is 17.1 Å². The SMILES string of the molecule is CCOC(=O)c1cc(-c2ccc(N3CCN(C(=O)c4ccc(F)cc4F)CC3)cc2)n(-c2ccccn2)n1. The molecule has 1 saturated heterocycles. The van der Waals surface area contributed by atoms with E-state index in [0.717, 1.165) is 23.4 Å². The summed E-state index contributed by atoms with van der Waals surface area (Å²) >= 11 is 0. The van der Waals surface area contributed by atoms with E-state index in [1.807, 2.05) is 30.3 Å². The molecular formula is C28H25F2N5O3. The third kappa shape index (κ3) is 5.10. The van der Waals surface area contributed by atoms with E-state index in [1.54, 1.807) is 40.9 Å². The van der Waals surface area contributed by atoms with Gasteiger partial charge in [0.2, 0.25) is 0 Å². The summed E-state index contributed by atoms with van der Waals surface area (Å²) in [5.74, 6) is -1.96. The lowest BCUT2D eigenvalue weighted by Crippen LogP contribution is -2.49. The van der Waals surface area contributed by atoms with E-state index in [4.69, 9.17) is 4.74 Å². The third-order valence-corrected chi connectivity index (χ3v) is 6.32. The first-order valence-corrected chi connectivity index (χ1v) is 12.2. The molecule has 10 heteroatoms. The van der Waals surface area contributed by atoms with Gasteiger partial charge in [-0.1, -0.05) is 18.2 Å². The van der Waals surface area contributed by atoms with Crippen molar-refractivity contribution in [1.29, 1.82) is 0 Å². The van der Waals surface area contributed by atoms with Crippen LogP contribution < -0.4 is 4.90 Å². The number of hydrogen-bond acceptors (Lipinski definition) is 6. The molecule has 0 saturated carbocycles. The van der Waals surface area contributed by atoms with Gasteiger partial charge in [-0.15, -0.1) is 0 Å². The number of carbonyl (C=O) groups is 2. The molecule has 1 amide bonds. The highest BCUT2D eigenvalue weighted by molar-refractivity contribution is 5.94. The number of aromatic nitrogens is 3. The van der Waals surface area contributed by atoms with Crippen LogP contribution in [0.3, 0.4) is 0 Å². The Balaban J connectivity index is 1.32. The maximum Gasteiger partial charge on any atom is 0.358 e. The van der Waals surface area contributed by atoms with Crippen LogP contribution in [0.2, 0.25) is 0 Å². The highest BCUT2D eigenvalue weighted by Crippen LogP contribution is 2.27. The number of rotatable bonds is 6. The van der Waals surface area contributed by atoms with Crippen molar-refractivity contribution in [3.63, 3.8) is 0 Å². The molecule has 0 radical (unpaired) electrons. The lowest BCUT2D eigenvalue weighted by molar-refractivity contribution is 0.0518. The first-order chi connectivity index (χ1) is 18.4. The Labute approximate surface area is 218 Å². The number of esters is 1. The Morgan fingerprint density at radius 2 is 1.71 bits per heavy atom. The van der Waals surface area contributed by atoms with E-state index < -0.39 is 23.5 Å². The fourth-order valence-corrected chi connectivity index (χ4v) is 4.39. The lowest BCUT2D eigenvalue weighted by Gasteiger charge is -2.36. The Morgan fingerprint density at radius 1 is 0.947 bits per heavy atom. The van der Waals surface area contributed by atoms with E-state index in [2.05, 4.69) is 15.0 Å². The minimum absolute atomic E-state index is 0.129. The lowest BCUT2D eigenvalue weighted by atomic mass is 10.1. The standard InChI is InChI=1S/C28H25F2N5O3/c1-2-38-28(37)24-18-25(35(32-24)26-5-3-4-12-31-26)19-6-9-21(10-7-19)33-13-15-34(16-14-33)27(36)22-11-8-20(29)17-23(22)30/h3-12,17-18H,2,13-16H2,1H3. The summed E-state index contributed by atoms with van der Waals surface area (Å²) in [6.45, 7) is 3.93. The van der Waals surface area contributed by atoms with Gasteiger partial charge in [-0.25, -0.2) is 23.2 Å². The number of piperazine rings is 1. The molecule has 5 rings (SSSR count). The van der Waals surface area contributed by atoms with Crippen molar-refractivity contribution >= 4 is 17.6 Å². The maximum absolute atomic E-state index is 14.1. The van der Waals surface area contributed by atoms with Gasteiger partial charge in [0.1, 0.15) is 11.6 Å². The monoisotopic (exact) mass is 517 g/mol. The predicted octanol–water partition coefficient (Wildman–Crippen LogP) is 4.35. The molecule has 0 spiro atoms. The Bertz CT molecular complexity index is 1450. The van der Waals surface area contributed by atoms with Gasteiger partial charge in [0, 0.05) is 49.7 Å². The van der Waals surface area contributed by atoms with Crippen LogP contribution in [0.5, 0.6) is 0 Å². The number of nitrogens with zero attached hydrogens (tertiary/aromatic N) is 5. The van der Waals surface area contributed by atoms with Crippen LogP contribution >= 0.6 is 0 Å². The van der Waals surface area contributed by atoms with Gasteiger partial charge in [-0.3, -0.25) is 4.79 Å². The molecule has 1 fully saturated rings. The zero-order valence-electron chi connectivity index (χ0n) is 20.7. The minimum atomic E-state index is -0.857. The molecule has 8 nitrogen and oxygen atoms in total. The van der Waals surface area contributed by atoms with Crippen LogP contribution in [0.1, 0.15) is 27.8 Å². The summed E-state index contributed by atoms with van der Waals surface area (Å²) in [6.07, 6.45) is 1.66. The zero-order valence-corrected chi connectivity index (χ0v) is 20.7. The van der Waals surface area contributed by atoms with Crippen molar-refractivity contribution in [2.24, 2.45) is 0 Å². The van der Waals surface area contributed by atoms with Gasteiger partial charge in [-0.05, 0) is 49.4 Å². The van der Waals surface area contributed by atoms with Crippen molar-refractivity contribution < 1.29 is 23.1 Å². The third-order valence-electron chi connectivity index (χ3n) is 6.32. The molecule has 0 atom stereocenters. The number of anilines is 1. The van der Waals surface area contributed by atoms with Crippen molar-refractivity contribution in [3.05, 3.63) is 95.8 Å². The number of hydrogen-bond donors (Lipinski definition) is 0. The number of carbonyl (C=O) groups excluding carboxylic acids is 2. The topological polar surface area (TPSA) is 80.6 Å². The summed E-state index contributed by atoms with van der Waals surface area (Å²) in [5.41, 5.74) is 2.55. The quantitative estimate of drug-likeness (QED) is 0.354. The van der Waals surface area contributed by atoms with Crippen molar-refractivity contribution in [2.75, 3.05) is 37.7 Å². The Hall–Kier alpha value is -4.60. The molecule has 38 heavy (non-hydrogen) atoms. The van der Waals surface area contributed by atoms with Crippen LogP contribution in [-0.4, -0.2) is 64.3 Å². The molecule has 4 aromatic rings. The molecule has 0 bridgehead atoms. The number of benzene rings is 2. The van der Waals surface area contributed by atoms with Crippen LogP contribution in [0.4, 0.5) is 14.5 Å². The smallest absolute Gasteiger partial charge is 0.358 e. The van der Waals surface area contributed by atoms with Crippen LogP contribution in [0.15, 0.2) is 72.9 Å². The number of ether oxygens (including phenoxy) is 1. The molecule has 1 aliphatic rings. The van der Waals surface area contributed by atoms with E-state index in [1.165, 1.54) is 6.07 Å². The van der Waals surface area contributed by atoms with Crippen LogP contribution in [-0.2, 0) is 4.74 Å². The fourth-order valence-electron chi connectivity index (χ4n) is 4.39. The largest absolute Gasteiger partial charge is 0.461 e. The predicted molar refractivity (Wildman–Crippen MR) is 137 cm³/mol. The maximum atomic E-state index is 14.1. The minimum Gasteiger partial charge on any atom is -0.461 e. The Kier molecular flexibility index (Phi) is 7.12. The van der Waals surface area contributed by atoms with Gasteiger partial charge in [0.25, 0.3) is 5.91 Å². The first-order valence-electron chi connectivity index (χ1n) is 12.2. The second kappa shape index (κ2) is 10.8. The Morgan fingerprint density at radius 3 is 2.37 bits per heavy atom. The van der Waals surface area contributed by atoms with Gasteiger partial charge in [0.05, 0.1) is 17.9 Å². The molecule has 0 unspecified atom stereocenters. The van der Waals surface area contributed by atoms with E-state index in [-0.39, 0.29) is 17.9 Å². The number of halogens is 2. The molecule has 2 aromatic heterocycles. The molecule has 1 aliphatic heterocycles. The van der Waals surface area contributed by atoms with Crippen molar-refractivity contribution in [2.45, 2.75) is 6.92 Å². The fraction of sp³-hybridized carbons (Fsp3) is 0.214. The molecule has 2 aromatic carbocycles. The highest BCUT2D eigenvalue weighted by Gasteiger charge is 2.25. The van der Waals surface area contributed by atoms with Crippen LogP contribution in [0, 0.1) is 11.6 Å². The first kappa shape index (κ1) is 25.1. The highest BCUT2D eigenvalue weighted by atomic mass is 19.1.